The molecule has 0 bridgehead atoms. The third kappa shape index (κ3) is 3.85. The number of ketones is 1. The van der Waals surface area contributed by atoms with Crippen LogP contribution in [0.4, 0.5) is 0 Å². The third-order valence-corrected chi connectivity index (χ3v) is 8.09. The van der Waals surface area contributed by atoms with Gasteiger partial charge in [-0.3, -0.25) is 4.79 Å². The maximum Gasteiger partial charge on any atom is 0.170 e. The quantitative estimate of drug-likeness (QED) is 0.426. The Morgan fingerprint density at radius 2 is 1.36 bits per heavy atom. The predicted octanol–water partition coefficient (Wildman–Crippen LogP) is 4.90. The van der Waals surface area contributed by atoms with Crippen molar-refractivity contribution in [2.75, 3.05) is 7.11 Å². The van der Waals surface area contributed by atoms with Gasteiger partial charge < -0.3 is 9.30 Å². The number of carbonyl (C=O) groups excluding carboxylic acids is 1. The lowest BCUT2D eigenvalue weighted by Gasteiger charge is -2.27. The Balaban J connectivity index is 2.28. The second-order valence-corrected chi connectivity index (χ2v) is 9.27. The Bertz CT molecular complexity index is 950. The Morgan fingerprint density at radius 1 is 0.857 bits per heavy atom. The molecule has 0 radical (unpaired) electrons. The van der Waals surface area contributed by atoms with E-state index in [1.165, 1.54) is 6.08 Å². The lowest BCUT2D eigenvalue weighted by molar-refractivity contribution is -0.114. The Kier molecular flexibility index (Phi) is 6.28. The van der Waals surface area contributed by atoms with E-state index in [-0.39, 0.29) is 5.78 Å². The molecule has 0 saturated carbocycles. The van der Waals surface area contributed by atoms with Crippen LogP contribution in [0.25, 0.3) is 0 Å². The van der Waals surface area contributed by atoms with Crippen LogP contribution in [0.1, 0.15) is 18.1 Å². The summed E-state index contributed by atoms with van der Waals surface area (Å²) in [7, 11) is -1.71. The van der Waals surface area contributed by atoms with Crippen LogP contribution in [-0.4, -0.2) is 12.9 Å². The van der Waals surface area contributed by atoms with Crippen LogP contribution in [0.2, 0.25) is 0 Å². The number of allylic oxidation sites excluding steroid dienone is 2. The van der Waals surface area contributed by atoms with Crippen molar-refractivity contribution in [3.8, 4) is 5.75 Å². The molecule has 0 aliphatic rings. The molecule has 3 nitrogen and oxygen atoms in total. The first-order valence-electron chi connectivity index (χ1n) is 9.12. The highest BCUT2D eigenvalue weighted by molar-refractivity contribution is 7.79. The number of ether oxygens (including phenoxy) is 1. The fourth-order valence-electron chi connectivity index (χ4n) is 3.34. The van der Waals surface area contributed by atoms with Crippen LogP contribution in [0.5, 0.6) is 5.75 Å². The number of methoxy groups -OCH3 is 1. The minimum absolute atomic E-state index is 0.177. The van der Waals surface area contributed by atoms with Crippen LogP contribution in [0.3, 0.4) is 0 Å². The number of carbonyl (C=O) groups is 1. The van der Waals surface area contributed by atoms with E-state index in [0.29, 0.717) is 21.9 Å². The first-order valence-corrected chi connectivity index (χ1v) is 10.9. The molecule has 3 aromatic rings. The molecule has 0 saturated heterocycles. The van der Waals surface area contributed by atoms with Crippen molar-refractivity contribution in [3.05, 3.63) is 103 Å². The summed E-state index contributed by atoms with van der Waals surface area (Å²) < 4.78 is 19.9. The molecule has 3 rings (SSSR count). The third-order valence-electron chi connectivity index (χ3n) is 4.68. The van der Waals surface area contributed by atoms with Gasteiger partial charge in [0.25, 0.3) is 0 Å². The molecule has 0 N–H and O–H groups in total. The molecule has 0 heterocycles. The number of hydrogen-bond acceptors (Lipinski definition) is 3. The van der Waals surface area contributed by atoms with Crippen molar-refractivity contribution >= 4 is 23.5 Å². The number of rotatable bonds is 7. The van der Waals surface area contributed by atoms with Crippen molar-refractivity contribution in [1.82, 2.24) is 0 Å². The summed E-state index contributed by atoms with van der Waals surface area (Å²) in [5.41, 5.74) is -0.0978. The zero-order valence-corrected chi connectivity index (χ0v) is 16.9. The normalized spacial score (nSPS) is 12.6. The van der Waals surface area contributed by atoms with Crippen LogP contribution in [0, 0.1) is 0 Å². The van der Waals surface area contributed by atoms with E-state index in [1.807, 2.05) is 72.8 Å². The van der Waals surface area contributed by atoms with Gasteiger partial charge in [-0.2, -0.15) is 0 Å². The van der Waals surface area contributed by atoms with Gasteiger partial charge in [0.1, 0.15) is 11.4 Å². The average Bonchev–Trinajstić information content (AvgIpc) is 2.75. The maximum atomic E-state index is 14.7. The highest BCUT2D eigenvalue weighted by Gasteiger charge is 2.41. The van der Waals surface area contributed by atoms with Gasteiger partial charge in [-0.15, -0.1) is 0 Å². The zero-order chi connectivity index (χ0) is 20.0. The molecule has 142 valence electrons. The summed E-state index contributed by atoms with van der Waals surface area (Å²) in [4.78, 5) is 13.2. The smallest absolute Gasteiger partial charge is 0.170 e. The molecular weight excluding hydrogens is 367 g/mol. The van der Waals surface area contributed by atoms with E-state index >= 15 is 0 Å². The van der Waals surface area contributed by atoms with Crippen LogP contribution >= 0.6 is 7.14 Å². The van der Waals surface area contributed by atoms with Crippen molar-refractivity contribution in [3.63, 3.8) is 0 Å². The minimum Gasteiger partial charge on any atom is -0.497 e. The molecule has 3 aromatic carbocycles. The first kappa shape index (κ1) is 19.9. The van der Waals surface area contributed by atoms with E-state index in [0.717, 1.165) is 0 Å². The van der Waals surface area contributed by atoms with Crippen molar-refractivity contribution in [1.29, 1.82) is 0 Å². The summed E-state index contributed by atoms with van der Waals surface area (Å²) in [5, 5.41) is 1.33. The monoisotopic (exact) mass is 390 g/mol. The van der Waals surface area contributed by atoms with Gasteiger partial charge in [-0.05, 0) is 30.7 Å². The Labute approximate surface area is 166 Å². The van der Waals surface area contributed by atoms with Crippen molar-refractivity contribution in [2.45, 2.75) is 12.6 Å². The Morgan fingerprint density at radius 3 is 1.79 bits per heavy atom. The van der Waals surface area contributed by atoms with Crippen LogP contribution in [-0.2, 0) is 9.36 Å². The van der Waals surface area contributed by atoms with E-state index in [9.17, 15) is 9.36 Å². The fourth-order valence-corrected chi connectivity index (χ4v) is 6.50. The summed E-state index contributed by atoms with van der Waals surface area (Å²) in [5.74, 6) is 0.513. The molecule has 0 aliphatic carbocycles. The largest absolute Gasteiger partial charge is 0.497 e. The van der Waals surface area contributed by atoms with Gasteiger partial charge in [-0.1, -0.05) is 78.9 Å². The lowest BCUT2D eigenvalue weighted by Crippen LogP contribution is -2.25. The SMILES string of the molecule is C/C=C/C(=O)C(c1ccc(OC)cc1)P(=O)(c1ccccc1)c1ccccc1. The number of benzene rings is 3. The van der Waals surface area contributed by atoms with Gasteiger partial charge in [0.05, 0.1) is 7.11 Å². The van der Waals surface area contributed by atoms with Crippen LogP contribution in [0.15, 0.2) is 97.1 Å². The predicted molar refractivity (Wildman–Crippen MR) is 115 cm³/mol. The molecule has 0 spiro atoms. The second kappa shape index (κ2) is 8.86. The summed E-state index contributed by atoms with van der Waals surface area (Å²) in [6.45, 7) is 1.79. The van der Waals surface area contributed by atoms with Crippen LogP contribution < -0.4 is 15.3 Å². The second-order valence-electron chi connectivity index (χ2n) is 6.41. The van der Waals surface area contributed by atoms with Gasteiger partial charge >= 0.3 is 0 Å². The topological polar surface area (TPSA) is 43.4 Å². The van der Waals surface area contributed by atoms with Gasteiger partial charge in [0.15, 0.2) is 12.9 Å². The average molecular weight is 390 g/mol. The van der Waals surface area contributed by atoms with Gasteiger partial charge in [0.2, 0.25) is 0 Å². The van der Waals surface area contributed by atoms with E-state index < -0.39 is 12.8 Å². The minimum atomic E-state index is -3.31. The molecule has 0 fully saturated rings. The fraction of sp³-hybridized carbons (Fsp3) is 0.125. The molecule has 0 aromatic heterocycles. The highest BCUT2D eigenvalue weighted by Crippen LogP contribution is 2.57. The van der Waals surface area contributed by atoms with E-state index in [2.05, 4.69) is 0 Å². The van der Waals surface area contributed by atoms with E-state index in [4.69, 9.17) is 4.74 Å². The van der Waals surface area contributed by atoms with Gasteiger partial charge in [-0.25, -0.2) is 0 Å². The summed E-state index contributed by atoms with van der Waals surface area (Å²) in [6.07, 6.45) is 3.20. The van der Waals surface area contributed by atoms with Crippen molar-refractivity contribution in [2.24, 2.45) is 0 Å². The summed E-state index contributed by atoms with van der Waals surface area (Å²) >= 11 is 0. The molecule has 28 heavy (non-hydrogen) atoms. The number of hydrogen-bond donors (Lipinski definition) is 0. The molecule has 4 heteroatoms. The Hall–Kier alpha value is -2.90. The first-order chi connectivity index (χ1) is 13.6. The van der Waals surface area contributed by atoms with Gasteiger partial charge in [0, 0.05) is 10.6 Å². The van der Waals surface area contributed by atoms with E-state index in [1.54, 1.807) is 32.2 Å². The highest BCUT2D eigenvalue weighted by atomic mass is 31.2. The lowest BCUT2D eigenvalue weighted by atomic mass is 10.1. The van der Waals surface area contributed by atoms with Crippen molar-refractivity contribution < 1.29 is 14.1 Å². The molecule has 0 aliphatic heterocycles. The molecule has 0 amide bonds. The molecule has 1 unspecified atom stereocenters. The molecular formula is C24H23O3P. The maximum absolute atomic E-state index is 14.7. The zero-order valence-electron chi connectivity index (χ0n) is 16.0. The standard InChI is InChI=1S/C24H23O3P/c1-3-10-23(25)24(19-15-17-20(27-2)18-16-19)28(26,21-11-6-4-7-12-21)22-13-8-5-9-14-22/h3-18,24H,1-2H3/b10-3+. The summed E-state index contributed by atoms with van der Waals surface area (Å²) in [6, 6.07) is 25.8. The molecule has 1 atom stereocenters.